The molecule has 0 aliphatic carbocycles. The molecule has 0 bridgehead atoms. The third-order valence-electron chi connectivity index (χ3n) is 3.61. The number of nitrogens with zero attached hydrogens (tertiary/aromatic N) is 2. The molecule has 6 nitrogen and oxygen atoms in total. The molecule has 1 saturated heterocycles. The van der Waals surface area contributed by atoms with Crippen molar-refractivity contribution in [1.82, 2.24) is 9.88 Å². The standard InChI is InChI=1S/C17H14BrN3O3S3/c18-11-3-4-12(22)10(8-11)9-13-15(24)21(17(25)27-13)6-1-2-14(23)20-16-19-5-7-26-16/h3-5,7-9,22H,1-2,6H2,(H,19,20,23)/b13-9-. The third-order valence-corrected chi connectivity index (χ3v) is 6.17. The molecule has 1 aliphatic rings. The molecular weight excluding hydrogens is 470 g/mol. The Hall–Kier alpha value is -1.75. The summed E-state index contributed by atoms with van der Waals surface area (Å²) in [6.45, 7) is 0.359. The summed E-state index contributed by atoms with van der Waals surface area (Å²) in [5, 5.41) is 15.0. The first-order valence-electron chi connectivity index (χ1n) is 7.87. The van der Waals surface area contributed by atoms with Gasteiger partial charge in [-0.15, -0.1) is 11.3 Å². The zero-order chi connectivity index (χ0) is 19.4. The van der Waals surface area contributed by atoms with Gasteiger partial charge in [-0.3, -0.25) is 14.5 Å². The van der Waals surface area contributed by atoms with E-state index in [4.69, 9.17) is 12.2 Å². The van der Waals surface area contributed by atoms with Crippen LogP contribution in [-0.4, -0.2) is 37.7 Å². The summed E-state index contributed by atoms with van der Waals surface area (Å²) in [6.07, 6.45) is 3.99. The molecule has 2 aromatic rings. The van der Waals surface area contributed by atoms with Gasteiger partial charge in [0, 0.05) is 34.6 Å². The van der Waals surface area contributed by atoms with Crippen molar-refractivity contribution in [2.45, 2.75) is 12.8 Å². The van der Waals surface area contributed by atoms with Crippen LogP contribution in [0.1, 0.15) is 18.4 Å². The zero-order valence-corrected chi connectivity index (χ0v) is 17.9. The van der Waals surface area contributed by atoms with Crippen molar-refractivity contribution in [2.75, 3.05) is 11.9 Å². The second-order valence-corrected chi connectivity index (χ2v) is 9.01. The van der Waals surface area contributed by atoms with E-state index in [9.17, 15) is 14.7 Å². The highest BCUT2D eigenvalue weighted by Gasteiger charge is 2.31. The largest absolute Gasteiger partial charge is 0.507 e. The van der Waals surface area contributed by atoms with Gasteiger partial charge in [0.15, 0.2) is 5.13 Å². The van der Waals surface area contributed by atoms with Gasteiger partial charge in [0.05, 0.1) is 4.91 Å². The molecule has 0 radical (unpaired) electrons. The summed E-state index contributed by atoms with van der Waals surface area (Å²) in [5.74, 6) is -0.281. The van der Waals surface area contributed by atoms with Gasteiger partial charge in [0.1, 0.15) is 10.1 Å². The van der Waals surface area contributed by atoms with Gasteiger partial charge in [-0.05, 0) is 30.7 Å². The van der Waals surface area contributed by atoms with Crippen molar-refractivity contribution >= 4 is 78.6 Å². The number of hydrogen-bond acceptors (Lipinski definition) is 7. The van der Waals surface area contributed by atoms with Crippen molar-refractivity contribution in [2.24, 2.45) is 0 Å². The number of rotatable bonds is 6. The lowest BCUT2D eigenvalue weighted by Gasteiger charge is -2.13. The van der Waals surface area contributed by atoms with Crippen LogP contribution in [0.2, 0.25) is 0 Å². The number of thioether (sulfide) groups is 1. The first-order valence-corrected chi connectivity index (χ1v) is 10.8. The van der Waals surface area contributed by atoms with Gasteiger partial charge in [-0.1, -0.05) is 39.9 Å². The predicted molar refractivity (Wildman–Crippen MR) is 116 cm³/mol. The van der Waals surface area contributed by atoms with E-state index < -0.39 is 0 Å². The van der Waals surface area contributed by atoms with Crippen LogP contribution in [0, 0.1) is 0 Å². The number of carbonyl (C=O) groups excluding carboxylic acids is 2. The van der Waals surface area contributed by atoms with E-state index in [0.717, 1.165) is 4.47 Å². The first-order chi connectivity index (χ1) is 12.9. The summed E-state index contributed by atoms with van der Waals surface area (Å²) in [4.78, 5) is 30.4. The third kappa shape index (κ3) is 5.16. The highest BCUT2D eigenvalue weighted by molar-refractivity contribution is 9.10. The molecule has 1 aliphatic heterocycles. The molecule has 1 fully saturated rings. The van der Waals surface area contributed by atoms with Crippen LogP contribution in [0.25, 0.3) is 6.08 Å². The topological polar surface area (TPSA) is 82.5 Å². The zero-order valence-electron chi connectivity index (χ0n) is 13.8. The van der Waals surface area contributed by atoms with Crippen LogP contribution in [0.4, 0.5) is 5.13 Å². The molecule has 1 aromatic carbocycles. The number of phenolic OH excluding ortho intramolecular Hbond substituents is 1. The monoisotopic (exact) mass is 483 g/mol. The number of aromatic hydroxyl groups is 1. The fourth-order valence-electron chi connectivity index (χ4n) is 2.34. The minimum atomic E-state index is -0.218. The number of halogens is 1. The maximum absolute atomic E-state index is 12.6. The van der Waals surface area contributed by atoms with Gasteiger partial charge in [-0.2, -0.15) is 0 Å². The summed E-state index contributed by atoms with van der Waals surface area (Å²) < 4.78 is 1.24. The van der Waals surface area contributed by atoms with Crippen LogP contribution in [0.15, 0.2) is 39.2 Å². The Morgan fingerprint density at radius 3 is 3.00 bits per heavy atom. The summed E-state index contributed by atoms with van der Waals surface area (Å²) in [5.41, 5.74) is 0.535. The number of phenols is 1. The smallest absolute Gasteiger partial charge is 0.266 e. The molecule has 10 heteroatoms. The van der Waals surface area contributed by atoms with Gasteiger partial charge in [0.2, 0.25) is 5.91 Å². The molecule has 27 heavy (non-hydrogen) atoms. The van der Waals surface area contributed by atoms with Gasteiger partial charge in [-0.25, -0.2) is 4.98 Å². The summed E-state index contributed by atoms with van der Waals surface area (Å²) in [6, 6.07) is 5.00. The van der Waals surface area contributed by atoms with Crippen LogP contribution < -0.4 is 5.32 Å². The molecule has 3 rings (SSSR count). The molecule has 0 saturated carbocycles. The molecule has 2 amide bonds. The second kappa shape index (κ2) is 8.96. The number of aromatic nitrogens is 1. The maximum Gasteiger partial charge on any atom is 0.266 e. The number of carbonyl (C=O) groups is 2. The Balaban J connectivity index is 1.58. The van der Waals surface area contributed by atoms with Crippen LogP contribution in [-0.2, 0) is 9.59 Å². The number of thiocarbonyl (C=S) groups is 1. The van der Waals surface area contributed by atoms with E-state index in [1.807, 2.05) is 0 Å². The molecule has 2 N–H and O–H groups in total. The summed E-state index contributed by atoms with van der Waals surface area (Å²) >= 11 is 11.2. The Kier molecular flexibility index (Phi) is 6.64. The average molecular weight is 484 g/mol. The van der Waals surface area contributed by atoms with Crippen molar-refractivity contribution in [1.29, 1.82) is 0 Å². The van der Waals surface area contributed by atoms with Crippen molar-refractivity contribution in [3.05, 3.63) is 44.7 Å². The Labute approximate surface area is 177 Å². The van der Waals surface area contributed by atoms with Gasteiger partial charge >= 0.3 is 0 Å². The predicted octanol–water partition coefficient (Wildman–Crippen LogP) is 4.23. The molecule has 0 unspecified atom stereocenters. The van der Waals surface area contributed by atoms with E-state index >= 15 is 0 Å². The van der Waals surface area contributed by atoms with Crippen molar-refractivity contribution in [3.8, 4) is 5.75 Å². The van der Waals surface area contributed by atoms with Crippen LogP contribution >= 0.6 is 51.2 Å². The van der Waals surface area contributed by atoms with Crippen LogP contribution in [0.3, 0.4) is 0 Å². The number of benzene rings is 1. The Morgan fingerprint density at radius 1 is 1.44 bits per heavy atom. The second-order valence-electron chi connectivity index (χ2n) is 5.53. The van der Waals surface area contributed by atoms with Crippen molar-refractivity contribution < 1.29 is 14.7 Å². The first kappa shape index (κ1) is 20.0. The highest BCUT2D eigenvalue weighted by Crippen LogP contribution is 2.34. The van der Waals surface area contributed by atoms with E-state index in [-0.39, 0.29) is 24.0 Å². The Morgan fingerprint density at radius 2 is 2.26 bits per heavy atom. The number of anilines is 1. The quantitative estimate of drug-likeness (QED) is 0.472. The maximum atomic E-state index is 12.6. The molecular formula is C17H14BrN3O3S3. The fraction of sp³-hybridized carbons (Fsp3) is 0.176. The lowest BCUT2D eigenvalue weighted by atomic mass is 10.2. The molecule has 0 atom stereocenters. The van der Waals surface area contributed by atoms with Crippen LogP contribution in [0.5, 0.6) is 5.75 Å². The lowest BCUT2D eigenvalue weighted by molar-refractivity contribution is -0.122. The molecule has 1 aromatic heterocycles. The Bertz CT molecular complexity index is 915. The molecule has 2 heterocycles. The van der Waals surface area contributed by atoms with Crippen molar-refractivity contribution in [3.63, 3.8) is 0 Å². The normalized spacial score (nSPS) is 15.6. The minimum Gasteiger partial charge on any atom is -0.507 e. The average Bonchev–Trinajstić information content (AvgIpc) is 3.21. The lowest BCUT2D eigenvalue weighted by Crippen LogP contribution is -2.29. The minimum absolute atomic E-state index is 0.0855. The van der Waals surface area contributed by atoms with E-state index in [1.165, 1.54) is 28.0 Å². The number of amides is 2. The number of thiazole rings is 1. The van der Waals surface area contributed by atoms with Gasteiger partial charge in [0.25, 0.3) is 5.91 Å². The SMILES string of the molecule is O=C(CCCN1C(=O)/C(=C/c2cc(Br)ccc2O)SC1=S)Nc1nccs1. The van der Waals surface area contributed by atoms with Gasteiger partial charge < -0.3 is 10.4 Å². The summed E-state index contributed by atoms with van der Waals surface area (Å²) in [7, 11) is 0. The number of nitrogens with one attached hydrogen (secondary N) is 1. The molecule has 0 spiro atoms. The highest BCUT2D eigenvalue weighted by atomic mass is 79.9. The van der Waals surface area contributed by atoms with E-state index in [1.54, 1.807) is 35.9 Å². The fourth-order valence-corrected chi connectivity index (χ4v) is 4.56. The number of hydrogen-bond donors (Lipinski definition) is 2. The van der Waals surface area contributed by atoms with E-state index in [0.29, 0.717) is 32.9 Å². The van der Waals surface area contributed by atoms with E-state index in [2.05, 4.69) is 26.2 Å². The molecule has 140 valence electrons.